The van der Waals surface area contributed by atoms with Gasteiger partial charge < -0.3 is 5.73 Å². The van der Waals surface area contributed by atoms with Gasteiger partial charge in [0.15, 0.2) is 11.5 Å². The molecule has 1 aromatic carbocycles. The molecule has 168 valence electrons. The maximum Gasteiger partial charge on any atom is 0.224 e. The minimum atomic E-state index is 0.181. The highest BCUT2D eigenvalue weighted by molar-refractivity contribution is 7.07. The van der Waals surface area contributed by atoms with Gasteiger partial charge >= 0.3 is 0 Å². The van der Waals surface area contributed by atoms with Gasteiger partial charge in [0.2, 0.25) is 5.82 Å². The van der Waals surface area contributed by atoms with Crippen molar-refractivity contribution in [3.05, 3.63) is 71.2 Å². The standard InChI is InChI=1S/C22H14N12S/c23-8-13-2-1-3-14(6-13)15-7-18(24)34-22(20(15)16-4-5-25-11-26-16)28-19(30-34)9-33-31-21(29-32-33)17-10-35-12-27-17/h1-7,10-12H,9,24H2. The number of rotatable bonds is 5. The maximum absolute atomic E-state index is 9.38. The van der Waals surface area contributed by atoms with Gasteiger partial charge in [-0.1, -0.05) is 12.1 Å². The number of nitrogens with two attached hydrogens (primary N) is 1. The van der Waals surface area contributed by atoms with E-state index < -0.39 is 0 Å². The lowest BCUT2D eigenvalue weighted by molar-refractivity contribution is 0.554. The number of nitrogen functional groups attached to an aromatic ring is 1. The van der Waals surface area contributed by atoms with Gasteiger partial charge in [0, 0.05) is 11.6 Å². The molecule has 0 saturated heterocycles. The van der Waals surface area contributed by atoms with E-state index in [0.29, 0.717) is 45.6 Å². The third kappa shape index (κ3) is 3.73. The Morgan fingerprint density at radius 3 is 2.83 bits per heavy atom. The highest BCUT2D eigenvalue weighted by atomic mass is 32.1. The highest BCUT2D eigenvalue weighted by Crippen LogP contribution is 2.36. The van der Waals surface area contributed by atoms with Crippen LogP contribution in [-0.2, 0) is 6.54 Å². The van der Waals surface area contributed by atoms with Crippen molar-refractivity contribution in [3.63, 3.8) is 0 Å². The maximum atomic E-state index is 9.38. The van der Waals surface area contributed by atoms with E-state index in [1.165, 1.54) is 22.5 Å². The number of tetrazole rings is 1. The first kappa shape index (κ1) is 20.5. The number of thiazole rings is 1. The van der Waals surface area contributed by atoms with Crippen LogP contribution in [0.4, 0.5) is 5.82 Å². The predicted octanol–water partition coefficient (Wildman–Crippen LogP) is 2.47. The van der Waals surface area contributed by atoms with Crippen LogP contribution in [0.2, 0.25) is 0 Å². The summed E-state index contributed by atoms with van der Waals surface area (Å²) in [4.78, 5) is 18.8. The van der Waals surface area contributed by atoms with E-state index in [4.69, 9.17) is 10.7 Å². The molecule has 5 aromatic heterocycles. The van der Waals surface area contributed by atoms with Crippen molar-refractivity contribution in [3.8, 4) is 40.0 Å². The number of hydrogen-bond donors (Lipinski definition) is 1. The second kappa shape index (κ2) is 8.36. The summed E-state index contributed by atoms with van der Waals surface area (Å²) in [5.41, 5.74) is 12.7. The molecule has 0 amide bonds. The molecule has 0 atom stereocenters. The summed E-state index contributed by atoms with van der Waals surface area (Å²) < 4.78 is 1.56. The minimum Gasteiger partial charge on any atom is -0.384 e. The Labute approximate surface area is 201 Å². The molecule has 0 bridgehead atoms. The fraction of sp³-hybridized carbons (Fsp3) is 0.0455. The summed E-state index contributed by atoms with van der Waals surface area (Å²) in [7, 11) is 0. The lowest BCUT2D eigenvalue weighted by Gasteiger charge is -2.12. The third-order valence-corrected chi connectivity index (χ3v) is 5.81. The molecular formula is C22H14N12S. The van der Waals surface area contributed by atoms with Crippen LogP contribution in [0.25, 0.3) is 39.5 Å². The number of hydrogen-bond acceptors (Lipinski definition) is 11. The Morgan fingerprint density at radius 2 is 2.03 bits per heavy atom. The lowest BCUT2D eigenvalue weighted by atomic mass is 9.97. The molecule has 0 radical (unpaired) electrons. The van der Waals surface area contributed by atoms with Crippen LogP contribution in [-0.4, -0.2) is 49.8 Å². The Bertz CT molecular complexity index is 1700. The summed E-state index contributed by atoms with van der Waals surface area (Å²) in [6.07, 6.45) is 3.12. The molecule has 5 heterocycles. The summed E-state index contributed by atoms with van der Waals surface area (Å²) in [6.45, 7) is 0.181. The van der Waals surface area contributed by atoms with E-state index >= 15 is 0 Å². The molecule has 35 heavy (non-hydrogen) atoms. The van der Waals surface area contributed by atoms with Gasteiger partial charge in [-0.25, -0.2) is 19.9 Å². The average molecular weight is 479 g/mol. The van der Waals surface area contributed by atoms with Crippen molar-refractivity contribution < 1.29 is 0 Å². The van der Waals surface area contributed by atoms with Gasteiger partial charge in [-0.05, 0) is 40.6 Å². The van der Waals surface area contributed by atoms with E-state index in [2.05, 4.69) is 41.5 Å². The molecule has 0 aliphatic heterocycles. The van der Waals surface area contributed by atoms with Crippen LogP contribution >= 0.6 is 11.3 Å². The van der Waals surface area contributed by atoms with E-state index in [1.807, 2.05) is 17.5 Å². The average Bonchev–Trinajstić information content (AvgIpc) is 3.66. The Hall–Kier alpha value is -5.09. The highest BCUT2D eigenvalue weighted by Gasteiger charge is 2.20. The largest absolute Gasteiger partial charge is 0.384 e. The molecule has 13 heteroatoms. The zero-order valence-electron chi connectivity index (χ0n) is 17.9. The Balaban J connectivity index is 1.49. The summed E-state index contributed by atoms with van der Waals surface area (Å²) in [5.74, 6) is 1.25. The zero-order valence-corrected chi connectivity index (χ0v) is 18.7. The van der Waals surface area contributed by atoms with Crippen LogP contribution in [0.1, 0.15) is 11.4 Å². The monoisotopic (exact) mass is 478 g/mol. The molecule has 0 saturated carbocycles. The number of aromatic nitrogens is 10. The second-order valence-electron chi connectivity index (χ2n) is 7.43. The van der Waals surface area contributed by atoms with E-state index in [9.17, 15) is 5.26 Å². The first-order chi connectivity index (χ1) is 17.2. The van der Waals surface area contributed by atoms with Gasteiger partial charge in [-0.15, -0.1) is 26.6 Å². The fourth-order valence-corrected chi connectivity index (χ4v) is 4.23. The van der Waals surface area contributed by atoms with Crippen molar-refractivity contribution in [2.75, 3.05) is 5.73 Å². The number of benzene rings is 1. The fourth-order valence-electron chi connectivity index (χ4n) is 3.70. The SMILES string of the molecule is N#Cc1cccc(-c2cc(N)n3nc(Cn4nnc(-c5cscn5)n4)nc3c2-c2ccncn2)c1. The molecule has 12 nitrogen and oxygen atoms in total. The lowest BCUT2D eigenvalue weighted by Crippen LogP contribution is -2.06. The van der Waals surface area contributed by atoms with Crippen molar-refractivity contribution >= 4 is 22.8 Å². The smallest absolute Gasteiger partial charge is 0.224 e. The number of nitrogens with zero attached hydrogens (tertiary/aromatic N) is 11. The topological polar surface area (TPSA) is 162 Å². The van der Waals surface area contributed by atoms with Crippen LogP contribution in [0.15, 0.2) is 59.8 Å². The minimum absolute atomic E-state index is 0.181. The summed E-state index contributed by atoms with van der Waals surface area (Å²) in [6, 6.07) is 13.0. The van der Waals surface area contributed by atoms with Gasteiger partial charge in [0.25, 0.3) is 0 Å². The van der Waals surface area contributed by atoms with Crippen LogP contribution in [0, 0.1) is 11.3 Å². The van der Waals surface area contributed by atoms with E-state index in [1.54, 1.807) is 40.5 Å². The predicted molar refractivity (Wildman–Crippen MR) is 127 cm³/mol. The molecule has 0 aliphatic carbocycles. The van der Waals surface area contributed by atoms with Crippen molar-refractivity contribution in [1.29, 1.82) is 5.26 Å². The number of nitriles is 1. The molecule has 0 unspecified atom stereocenters. The summed E-state index contributed by atoms with van der Waals surface area (Å²) in [5, 5.41) is 28.3. The molecule has 0 aliphatic rings. The van der Waals surface area contributed by atoms with Gasteiger partial charge in [0.05, 0.1) is 28.4 Å². The second-order valence-corrected chi connectivity index (χ2v) is 8.14. The first-order valence-corrected chi connectivity index (χ1v) is 11.3. The van der Waals surface area contributed by atoms with Crippen LogP contribution in [0.3, 0.4) is 0 Å². The molecule has 0 spiro atoms. The molecule has 6 rings (SSSR count). The number of fused-ring (bicyclic) bond motifs is 1. The third-order valence-electron chi connectivity index (χ3n) is 5.22. The van der Waals surface area contributed by atoms with Gasteiger partial charge in [0.1, 0.15) is 24.4 Å². The number of pyridine rings is 1. The normalized spacial score (nSPS) is 11.1. The quantitative estimate of drug-likeness (QED) is 0.389. The Morgan fingerprint density at radius 1 is 1.09 bits per heavy atom. The van der Waals surface area contributed by atoms with Crippen LogP contribution < -0.4 is 5.73 Å². The zero-order chi connectivity index (χ0) is 23.8. The summed E-state index contributed by atoms with van der Waals surface area (Å²) >= 11 is 1.46. The van der Waals surface area contributed by atoms with E-state index in [-0.39, 0.29) is 6.54 Å². The molecule has 2 N–H and O–H groups in total. The van der Waals surface area contributed by atoms with E-state index in [0.717, 1.165) is 11.1 Å². The van der Waals surface area contributed by atoms with Crippen molar-refractivity contribution in [1.82, 2.24) is 49.8 Å². The van der Waals surface area contributed by atoms with Crippen molar-refractivity contribution in [2.24, 2.45) is 0 Å². The Kier molecular flexibility index (Phi) is 4.90. The number of anilines is 1. The first-order valence-electron chi connectivity index (χ1n) is 10.3. The molecule has 6 aromatic rings. The van der Waals surface area contributed by atoms with Gasteiger partial charge in [-0.2, -0.15) is 14.6 Å². The van der Waals surface area contributed by atoms with Gasteiger partial charge in [-0.3, -0.25) is 0 Å². The molecule has 0 fully saturated rings. The molecular weight excluding hydrogens is 464 g/mol. The van der Waals surface area contributed by atoms with Crippen molar-refractivity contribution in [2.45, 2.75) is 6.54 Å². The van der Waals surface area contributed by atoms with Crippen LogP contribution in [0.5, 0.6) is 0 Å².